The number of rotatable bonds is 3. The SMILES string of the molecule is CCCn1c(N2CC[NH2+]CC2)nc2c1c(=O)[nH]c(=O)n2C. The van der Waals surface area contributed by atoms with Gasteiger partial charge in [0.2, 0.25) is 5.95 Å². The Labute approximate surface area is 121 Å². The molecule has 0 bridgehead atoms. The van der Waals surface area contributed by atoms with E-state index in [1.807, 2.05) is 4.57 Å². The monoisotopic (exact) mass is 293 g/mol. The molecule has 0 amide bonds. The molecule has 0 unspecified atom stereocenters. The van der Waals surface area contributed by atoms with E-state index in [1.54, 1.807) is 7.05 Å². The van der Waals surface area contributed by atoms with Crippen LogP contribution >= 0.6 is 0 Å². The first kappa shape index (κ1) is 13.9. The van der Waals surface area contributed by atoms with Gasteiger partial charge in [-0.15, -0.1) is 0 Å². The number of H-pyrrole nitrogens is 1. The first-order chi connectivity index (χ1) is 10.1. The van der Waals surface area contributed by atoms with Crippen molar-refractivity contribution < 1.29 is 5.32 Å². The average molecular weight is 293 g/mol. The lowest BCUT2D eigenvalue weighted by molar-refractivity contribution is -0.655. The summed E-state index contributed by atoms with van der Waals surface area (Å²) in [5, 5.41) is 2.27. The minimum Gasteiger partial charge on any atom is -0.343 e. The minimum atomic E-state index is -0.424. The van der Waals surface area contributed by atoms with Crippen LogP contribution < -0.4 is 21.5 Å². The van der Waals surface area contributed by atoms with Crippen molar-refractivity contribution in [2.24, 2.45) is 7.05 Å². The van der Waals surface area contributed by atoms with E-state index >= 15 is 0 Å². The Hall–Kier alpha value is -2.09. The molecule has 0 spiro atoms. The van der Waals surface area contributed by atoms with Crippen LogP contribution in [0.3, 0.4) is 0 Å². The normalized spacial score (nSPS) is 15.8. The van der Waals surface area contributed by atoms with E-state index in [2.05, 4.69) is 27.1 Å². The van der Waals surface area contributed by atoms with Crippen LogP contribution in [-0.2, 0) is 13.6 Å². The molecule has 114 valence electrons. The highest BCUT2D eigenvalue weighted by atomic mass is 16.2. The second kappa shape index (κ2) is 5.36. The molecular weight excluding hydrogens is 272 g/mol. The topological polar surface area (TPSA) is 92.5 Å². The van der Waals surface area contributed by atoms with Crippen molar-refractivity contribution in [3.8, 4) is 0 Å². The lowest BCUT2D eigenvalue weighted by Gasteiger charge is -2.26. The smallest absolute Gasteiger partial charge is 0.329 e. The quantitative estimate of drug-likeness (QED) is 0.699. The largest absolute Gasteiger partial charge is 0.343 e. The van der Waals surface area contributed by atoms with Crippen LogP contribution in [0.1, 0.15) is 13.3 Å². The Kier molecular flexibility index (Phi) is 3.54. The summed E-state index contributed by atoms with van der Waals surface area (Å²) in [5.74, 6) is 0.798. The zero-order valence-electron chi connectivity index (χ0n) is 12.4. The molecule has 2 aromatic rings. The molecule has 0 aliphatic carbocycles. The number of hydrogen-bond donors (Lipinski definition) is 2. The number of aromatic nitrogens is 4. The third-order valence-electron chi connectivity index (χ3n) is 3.92. The van der Waals surface area contributed by atoms with Crippen molar-refractivity contribution >= 4 is 17.1 Å². The van der Waals surface area contributed by atoms with Gasteiger partial charge in [0.05, 0.1) is 26.2 Å². The number of fused-ring (bicyclic) bond motifs is 1. The molecule has 21 heavy (non-hydrogen) atoms. The molecule has 0 radical (unpaired) electrons. The fraction of sp³-hybridized carbons (Fsp3) is 0.615. The molecular formula is C13H21N6O2+. The van der Waals surface area contributed by atoms with Gasteiger partial charge < -0.3 is 14.8 Å². The van der Waals surface area contributed by atoms with Gasteiger partial charge in [0.1, 0.15) is 0 Å². The molecule has 1 saturated heterocycles. The summed E-state index contributed by atoms with van der Waals surface area (Å²) in [7, 11) is 1.64. The maximum atomic E-state index is 12.2. The van der Waals surface area contributed by atoms with Crippen molar-refractivity contribution in [2.75, 3.05) is 31.1 Å². The van der Waals surface area contributed by atoms with E-state index in [9.17, 15) is 9.59 Å². The molecule has 3 rings (SSSR count). The highest BCUT2D eigenvalue weighted by Gasteiger charge is 2.23. The van der Waals surface area contributed by atoms with Gasteiger partial charge in [-0.05, 0) is 6.42 Å². The fourth-order valence-electron chi connectivity index (χ4n) is 2.85. The van der Waals surface area contributed by atoms with Crippen LogP contribution in [0.4, 0.5) is 5.95 Å². The second-order valence-corrected chi connectivity index (χ2v) is 5.41. The number of nitrogens with zero attached hydrogens (tertiary/aromatic N) is 4. The van der Waals surface area contributed by atoms with Crippen LogP contribution in [0, 0.1) is 0 Å². The molecule has 8 nitrogen and oxygen atoms in total. The summed E-state index contributed by atoms with van der Waals surface area (Å²) >= 11 is 0. The van der Waals surface area contributed by atoms with E-state index in [1.165, 1.54) is 4.57 Å². The van der Waals surface area contributed by atoms with E-state index < -0.39 is 5.69 Å². The molecule has 3 N–H and O–H groups in total. The van der Waals surface area contributed by atoms with Crippen LogP contribution in [0.25, 0.3) is 11.2 Å². The molecule has 3 heterocycles. The van der Waals surface area contributed by atoms with Crippen LogP contribution in [0.5, 0.6) is 0 Å². The van der Waals surface area contributed by atoms with E-state index in [0.717, 1.165) is 38.5 Å². The predicted octanol–water partition coefficient (Wildman–Crippen LogP) is -1.78. The molecule has 8 heteroatoms. The van der Waals surface area contributed by atoms with Crippen LogP contribution in [-0.4, -0.2) is 45.3 Å². The van der Waals surface area contributed by atoms with Gasteiger partial charge in [-0.3, -0.25) is 14.3 Å². The van der Waals surface area contributed by atoms with E-state index in [4.69, 9.17) is 0 Å². The molecule has 2 aromatic heterocycles. The number of imidazole rings is 1. The zero-order chi connectivity index (χ0) is 15.0. The first-order valence-corrected chi connectivity index (χ1v) is 7.39. The van der Waals surface area contributed by atoms with Crippen molar-refractivity contribution in [1.82, 2.24) is 19.1 Å². The third-order valence-corrected chi connectivity index (χ3v) is 3.92. The summed E-state index contributed by atoms with van der Waals surface area (Å²) in [6.45, 7) is 6.62. The number of aromatic amines is 1. The summed E-state index contributed by atoms with van der Waals surface area (Å²) < 4.78 is 3.35. The van der Waals surface area contributed by atoms with Gasteiger partial charge >= 0.3 is 5.69 Å². The van der Waals surface area contributed by atoms with E-state index in [0.29, 0.717) is 17.7 Å². The summed E-state index contributed by atoms with van der Waals surface area (Å²) in [6, 6.07) is 0. The minimum absolute atomic E-state index is 0.358. The van der Waals surface area contributed by atoms with Crippen molar-refractivity contribution in [3.63, 3.8) is 0 Å². The third kappa shape index (κ3) is 2.25. The standard InChI is InChI=1S/C13H20N6O2/c1-3-6-19-9-10(17(2)13(21)16-11(9)20)15-12(19)18-7-4-14-5-8-18/h14H,3-8H2,1-2H3,(H,16,20,21)/p+1. The van der Waals surface area contributed by atoms with Gasteiger partial charge in [0.15, 0.2) is 11.2 Å². The van der Waals surface area contributed by atoms with Gasteiger partial charge in [-0.25, -0.2) is 4.79 Å². The maximum Gasteiger partial charge on any atom is 0.329 e. The summed E-state index contributed by atoms with van der Waals surface area (Å²) in [5.41, 5.74) is 0.168. The summed E-state index contributed by atoms with van der Waals surface area (Å²) in [4.78, 5) is 33.1. The number of piperazine rings is 1. The van der Waals surface area contributed by atoms with Crippen molar-refractivity contribution in [3.05, 3.63) is 20.8 Å². The lowest BCUT2D eigenvalue weighted by atomic mass is 10.4. The van der Waals surface area contributed by atoms with Gasteiger partial charge in [-0.1, -0.05) is 6.92 Å². The maximum absolute atomic E-state index is 12.2. The molecule has 0 atom stereocenters. The predicted molar refractivity (Wildman–Crippen MR) is 79.8 cm³/mol. The highest BCUT2D eigenvalue weighted by molar-refractivity contribution is 5.74. The number of quaternary nitrogens is 1. The molecule has 1 fully saturated rings. The van der Waals surface area contributed by atoms with Gasteiger partial charge in [-0.2, -0.15) is 4.98 Å². The first-order valence-electron chi connectivity index (χ1n) is 7.39. The van der Waals surface area contributed by atoms with Crippen molar-refractivity contribution in [2.45, 2.75) is 19.9 Å². The van der Waals surface area contributed by atoms with Crippen molar-refractivity contribution in [1.29, 1.82) is 0 Å². The number of nitrogens with two attached hydrogens (primary N) is 1. The number of nitrogens with one attached hydrogen (secondary N) is 1. The molecule has 0 saturated carbocycles. The molecule has 1 aliphatic heterocycles. The van der Waals surface area contributed by atoms with Crippen LogP contribution in [0.15, 0.2) is 9.59 Å². The Bertz CT molecular complexity index is 765. The van der Waals surface area contributed by atoms with Gasteiger partial charge in [0.25, 0.3) is 5.56 Å². The highest BCUT2D eigenvalue weighted by Crippen LogP contribution is 2.19. The summed E-state index contributed by atoms with van der Waals surface area (Å²) in [6.07, 6.45) is 0.903. The van der Waals surface area contributed by atoms with Gasteiger partial charge in [0, 0.05) is 13.6 Å². The Balaban J connectivity index is 2.26. The fourth-order valence-corrected chi connectivity index (χ4v) is 2.85. The molecule has 1 aliphatic rings. The Morgan fingerprint density at radius 3 is 2.67 bits per heavy atom. The number of hydrogen-bond acceptors (Lipinski definition) is 4. The number of anilines is 1. The Morgan fingerprint density at radius 1 is 1.29 bits per heavy atom. The van der Waals surface area contributed by atoms with E-state index in [-0.39, 0.29) is 5.56 Å². The average Bonchev–Trinajstić information content (AvgIpc) is 2.86. The molecule has 0 aromatic carbocycles. The number of aryl methyl sites for hydroxylation is 2. The lowest BCUT2D eigenvalue weighted by Crippen LogP contribution is -2.89. The second-order valence-electron chi connectivity index (χ2n) is 5.41. The Morgan fingerprint density at radius 2 is 2.00 bits per heavy atom. The van der Waals surface area contributed by atoms with Crippen LogP contribution in [0.2, 0.25) is 0 Å². The zero-order valence-corrected chi connectivity index (χ0v) is 12.4.